The lowest BCUT2D eigenvalue weighted by Crippen LogP contribution is -2.48. The van der Waals surface area contributed by atoms with Gasteiger partial charge in [0.1, 0.15) is 11.9 Å². The summed E-state index contributed by atoms with van der Waals surface area (Å²) in [6.07, 6.45) is 1.85. The van der Waals surface area contributed by atoms with Crippen LogP contribution in [0.1, 0.15) is 24.1 Å². The third kappa shape index (κ3) is 3.45. The van der Waals surface area contributed by atoms with Gasteiger partial charge in [0, 0.05) is 31.9 Å². The zero-order chi connectivity index (χ0) is 16.2. The Bertz CT molecular complexity index is 620. The molecule has 0 aliphatic carbocycles. The average molecular weight is 314 g/mol. The summed E-state index contributed by atoms with van der Waals surface area (Å²) in [5, 5.41) is 9.31. The van der Waals surface area contributed by atoms with Gasteiger partial charge in [-0.1, -0.05) is 0 Å². The highest BCUT2D eigenvalue weighted by Gasteiger charge is 2.31. The molecule has 1 aromatic rings. The second-order valence-electron chi connectivity index (χ2n) is 6.16. The van der Waals surface area contributed by atoms with E-state index in [1.54, 1.807) is 0 Å². The first-order chi connectivity index (χ1) is 11.2. The van der Waals surface area contributed by atoms with E-state index in [1.807, 2.05) is 24.0 Å². The van der Waals surface area contributed by atoms with Crippen molar-refractivity contribution in [3.8, 4) is 6.07 Å². The van der Waals surface area contributed by atoms with Crippen LogP contribution in [0.5, 0.6) is 0 Å². The first-order valence-corrected chi connectivity index (χ1v) is 8.18. The SMILES string of the molecule is Cc1ccc(C#N)c(N2CCCC(C(=O)N3CCOCC3)C2)n1. The van der Waals surface area contributed by atoms with Crippen molar-refractivity contribution in [1.82, 2.24) is 9.88 Å². The highest BCUT2D eigenvalue weighted by Crippen LogP contribution is 2.26. The van der Waals surface area contributed by atoms with Crippen molar-refractivity contribution in [3.05, 3.63) is 23.4 Å². The summed E-state index contributed by atoms with van der Waals surface area (Å²) in [7, 11) is 0. The number of hydrogen-bond donors (Lipinski definition) is 0. The van der Waals surface area contributed by atoms with Gasteiger partial charge in [-0.2, -0.15) is 5.26 Å². The molecule has 1 unspecified atom stereocenters. The molecular weight excluding hydrogens is 292 g/mol. The van der Waals surface area contributed by atoms with Crippen molar-refractivity contribution in [3.63, 3.8) is 0 Å². The van der Waals surface area contributed by atoms with Gasteiger partial charge in [0.25, 0.3) is 0 Å². The molecule has 23 heavy (non-hydrogen) atoms. The number of aryl methyl sites for hydroxylation is 1. The van der Waals surface area contributed by atoms with Crippen molar-refractivity contribution in [2.75, 3.05) is 44.3 Å². The fourth-order valence-corrected chi connectivity index (χ4v) is 3.28. The monoisotopic (exact) mass is 314 g/mol. The van der Waals surface area contributed by atoms with E-state index in [1.165, 1.54) is 0 Å². The summed E-state index contributed by atoms with van der Waals surface area (Å²) >= 11 is 0. The van der Waals surface area contributed by atoms with E-state index in [4.69, 9.17) is 4.74 Å². The Morgan fingerprint density at radius 3 is 2.87 bits per heavy atom. The molecule has 2 aliphatic heterocycles. The molecule has 6 nitrogen and oxygen atoms in total. The standard InChI is InChI=1S/C17H22N4O2/c1-13-4-5-14(11-18)16(19-13)21-6-2-3-15(12-21)17(22)20-7-9-23-10-8-20/h4-5,15H,2-3,6-10,12H2,1H3. The number of morpholine rings is 1. The molecule has 2 fully saturated rings. The molecule has 122 valence electrons. The maximum atomic E-state index is 12.7. The van der Waals surface area contributed by atoms with Gasteiger partial charge in [-0.15, -0.1) is 0 Å². The number of piperidine rings is 1. The highest BCUT2D eigenvalue weighted by atomic mass is 16.5. The maximum absolute atomic E-state index is 12.7. The van der Waals surface area contributed by atoms with Crippen molar-refractivity contribution in [2.24, 2.45) is 5.92 Å². The van der Waals surface area contributed by atoms with Crippen LogP contribution in [0.15, 0.2) is 12.1 Å². The van der Waals surface area contributed by atoms with Crippen LogP contribution in [0, 0.1) is 24.2 Å². The van der Waals surface area contributed by atoms with Crippen LogP contribution in [0.3, 0.4) is 0 Å². The lowest BCUT2D eigenvalue weighted by Gasteiger charge is -2.37. The van der Waals surface area contributed by atoms with Gasteiger partial charge in [-0.05, 0) is 31.9 Å². The zero-order valence-corrected chi connectivity index (χ0v) is 13.5. The van der Waals surface area contributed by atoms with Gasteiger partial charge in [0.05, 0.1) is 24.7 Å². The Labute approximate surface area is 136 Å². The smallest absolute Gasteiger partial charge is 0.227 e. The molecule has 0 radical (unpaired) electrons. The van der Waals surface area contributed by atoms with Gasteiger partial charge < -0.3 is 14.5 Å². The van der Waals surface area contributed by atoms with Crippen molar-refractivity contribution >= 4 is 11.7 Å². The molecular formula is C17H22N4O2. The molecule has 0 aromatic carbocycles. The van der Waals surface area contributed by atoms with Crippen molar-refractivity contribution in [1.29, 1.82) is 5.26 Å². The number of carbonyl (C=O) groups is 1. The number of anilines is 1. The van der Waals surface area contributed by atoms with E-state index in [0.29, 0.717) is 44.2 Å². The predicted octanol–water partition coefficient (Wildman–Crippen LogP) is 1.34. The van der Waals surface area contributed by atoms with Crippen molar-refractivity contribution in [2.45, 2.75) is 19.8 Å². The molecule has 3 rings (SSSR count). The average Bonchev–Trinajstić information content (AvgIpc) is 2.62. The number of nitrogens with zero attached hydrogens (tertiary/aromatic N) is 4. The molecule has 6 heteroatoms. The van der Waals surface area contributed by atoms with E-state index in [-0.39, 0.29) is 11.8 Å². The first kappa shape index (κ1) is 15.8. The minimum atomic E-state index is -0.0179. The summed E-state index contributed by atoms with van der Waals surface area (Å²) in [4.78, 5) is 21.2. The summed E-state index contributed by atoms with van der Waals surface area (Å²) in [6.45, 7) is 6.02. The third-order valence-electron chi connectivity index (χ3n) is 4.53. The molecule has 1 aromatic heterocycles. The van der Waals surface area contributed by atoms with Gasteiger partial charge >= 0.3 is 0 Å². The second kappa shape index (κ2) is 6.97. The van der Waals surface area contributed by atoms with E-state index in [2.05, 4.69) is 16.0 Å². The van der Waals surface area contributed by atoms with E-state index >= 15 is 0 Å². The Morgan fingerprint density at radius 2 is 2.13 bits per heavy atom. The van der Waals surface area contributed by atoms with Gasteiger partial charge in [0.2, 0.25) is 5.91 Å². The lowest BCUT2D eigenvalue weighted by atomic mass is 9.96. The van der Waals surface area contributed by atoms with Crippen LogP contribution in [0.25, 0.3) is 0 Å². The minimum Gasteiger partial charge on any atom is -0.378 e. The van der Waals surface area contributed by atoms with Crippen LogP contribution in [0.4, 0.5) is 5.82 Å². The van der Waals surface area contributed by atoms with E-state index in [0.717, 1.165) is 25.1 Å². The normalized spacial score (nSPS) is 21.8. The quantitative estimate of drug-likeness (QED) is 0.824. The Morgan fingerprint density at radius 1 is 1.35 bits per heavy atom. The van der Waals surface area contributed by atoms with E-state index in [9.17, 15) is 10.1 Å². The third-order valence-corrected chi connectivity index (χ3v) is 4.53. The van der Waals surface area contributed by atoms with Crippen LogP contribution in [-0.4, -0.2) is 55.2 Å². The Hall–Kier alpha value is -2.13. The molecule has 0 saturated carbocycles. The number of hydrogen-bond acceptors (Lipinski definition) is 5. The number of pyridine rings is 1. The molecule has 1 atom stereocenters. The van der Waals surface area contributed by atoms with Gasteiger partial charge in [0.15, 0.2) is 0 Å². The first-order valence-electron chi connectivity index (χ1n) is 8.18. The zero-order valence-electron chi connectivity index (χ0n) is 13.5. The molecule has 3 heterocycles. The van der Waals surface area contributed by atoms with Crippen molar-refractivity contribution < 1.29 is 9.53 Å². The number of aromatic nitrogens is 1. The molecule has 2 aliphatic rings. The number of ether oxygens (including phenoxy) is 1. The fourth-order valence-electron chi connectivity index (χ4n) is 3.28. The number of rotatable bonds is 2. The minimum absolute atomic E-state index is 0.0179. The van der Waals surface area contributed by atoms with Crippen LogP contribution >= 0.6 is 0 Å². The van der Waals surface area contributed by atoms with Crippen LogP contribution < -0.4 is 4.90 Å². The summed E-state index contributed by atoms with van der Waals surface area (Å²) in [6, 6.07) is 5.87. The molecule has 0 spiro atoms. The maximum Gasteiger partial charge on any atom is 0.227 e. The predicted molar refractivity (Wildman–Crippen MR) is 86.0 cm³/mol. The molecule has 0 bridgehead atoms. The molecule has 0 N–H and O–H groups in total. The highest BCUT2D eigenvalue weighted by molar-refractivity contribution is 5.80. The topological polar surface area (TPSA) is 69.5 Å². The van der Waals surface area contributed by atoms with Gasteiger partial charge in [-0.3, -0.25) is 4.79 Å². The van der Waals surface area contributed by atoms with Crippen LogP contribution in [0.2, 0.25) is 0 Å². The summed E-state index contributed by atoms with van der Waals surface area (Å²) < 4.78 is 5.32. The number of amides is 1. The molecule has 2 saturated heterocycles. The summed E-state index contributed by atoms with van der Waals surface area (Å²) in [5.41, 5.74) is 1.47. The Balaban J connectivity index is 1.74. The second-order valence-corrected chi connectivity index (χ2v) is 6.16. The largest absolute Gasteiger partial charge is 0.378 e. The van der Waals surface area contributed by atoms with Gasteiger partial charge in [-0.25, -0.2) is 4.98 Å². The molecule has 1 amide bonds. The Kier molecular flexibility index (Phi) is 4.77. The number of nitriles is 1. The number of carbonyl (C=O) groups excluding carboxylic acids is 1. The fraction of sp³-hybridized carbons (Fsp3) is 0.588. The summed E-state index contributed by atoms with van der Waals surface area (Å²) in [5.74, 6) is 0.909. The van der Waals surface area contributed by atoms with Crippen LogP contribution in [-0.2, 0) is 9.53 Å². The van der Waals surface area contributed by atoms with E-state index < -0.39 is 0 Å². The lowest BCUT2D eigenvalue weighted by molar-refractivity contribution is -0.139.